The van der Waals surface area contributed by atoms with Crippen LogP contribution in [0, 0.1) is 11.3 Å². The molecule has 0 fully saturated rings. The topological polar surface area (TPSA) is 75.6 Å². The number of nitrogens with two attached hydrogens (primary N) is 1. The van der Waals surface area contributed by atoms with Crippen LogP contribution in [0.15, 0.2) is 24.5 Å². The van der Waals surface area contributed by atoms with Gasteiger partial charge in [0.25, 0.3) is 0 Å². The highest BCUT2D eigenvalue weighted by Crippen LogP contribution is 2.28. The van der Waals surface area contributed by atoms with E-state index >= 15 is 0 Å². The normalized spacial score (nSPS) is 9.64. The van der Waals surface area contributed by atoms with Crippen LogP contribution in [0.5, 0.6) is 0 Å². The molecular formula is C9H6N4S. The van der Waals surface area contributed by atoms with Gasteiger partial charge >= 0.3 is 0 Å². The Bertz CT molecular complexity index is 483. The molecule has 0 radical (unpaired) electrons. The van der Waals surface area contributed by atoms with Crippen LogP contribution in [0.2, 0.25) is 0 Å². The molecule has 0 aliphatic rings. The Morgan fingerprint density at radius 1 is 1.50 bits per heavy atom. The number of aromatic nitrogens is 2. The van der Waals surface area contributed by atoms with E-state index in [1.165, 1.54) is 0 Å². The van der Waals surface area contributed by atoms with Gasteiger partial charge in [-0.05, 0) is 23.7 Å². The van der Waals surface area contributed by atoms with E-state index in [9.17, 15) is 0 Å². The molecule has 2 rings (SSSR count). The van der Waals surface area contributed by atoms with Crippen LogP contribution >= 0.6 is 11.5 Å². The zero-order valence-corrected chi connectivity index (χ0v) is 7.95. The molecule has 5 heteroatoms. The van der Waals surface area contributed by atoms with E-state index in [0.717, 1.165) is 17.1 Å². The summed E-state index contributed by atoms with van der Waals surface area (Å²) in [6.45, 7) is 0. The van der Waals surface area contributed by atoms with Gasteiger partial charge in [0.15, 0.2) is 0 Å². The van der Waals surface area contributed by atoms with E-state index in [1.54, 1.807) is 18.5 Å². The lowest BCUT2D eigenvalue weighted by atomic mass is 10.1. The van der Waals surface area contributed by atoms with Crippen LogP contribution in [-0.2, 0) is 0 Å². The lowest BCUT2D eigenvalue weighted by molar-refractivity contribution is 1.32. The van der Waals surface area contributed by atoms with Crippen molar-refractivity contribution in [2.45, 2.75) is 0 Å². The van der Waals surface area contributed by atoms with Crippen molar-refractivity contribution in [3.05, 3.63) is 30.1 Å². The number of nitrogen functional groups attached to an aromatic ring is 1. The predicted molar refractivity (Wildman–Crippen MR) is 54.5 cm³/mol. The molecule has 2 aromatic rings. The van der Waals surface area contributed by atoms with E-state index in [4.69, 9.17) is 11.0 Å². The predicted octanol–water partition coefficient (Wildman–Crippen LogP) is 1.66. The average molecular weight is 202 g/mol. The minimum absolute atomic E-state index is 0.433. The van der Waals surface area contributed by atoms with Crippen molar-refractivity contribution in [2.75, 3.05) is 5.73 Å². The van der Waals surface area contributed by atoms with Gasteiger partial charge in [-0.25, -0.2) is 0 Å². The Kier molecular flexibility index (Phi) is 2.13. The third-order valence-electron chi connectivity index (χ3n) is 1.77. The molecule has 4 nitrogen and oxygen atoms in total. The second-order valence-corrected chi connectivity index (χ2v) is 3.43. The SMILES string of the molecule is N#Cc1c(-c2cccnc2)nsc1N. The third kappa shape index (κ3) is 1.32. The Morgan fingerprint density at radius 3 is 3.00 bits per heavy atom. The number of hydrogen-bond donors (Lipinski definition) is 1. The maximum Gasteiger partial charge on any atom is 0.125 e. The molecule has 2 N–H and O–H groups in total. The van der Waals surface area contributed by atoms with Crippen LogP contribution < -0.4 is 5.73 Å². The Balaban J connectivity index is 2.59. The van der Waals surface area contributed by atoms with Gasteiger partial charge in [0, 0.05) is 18.0 Å². The van der Waals surface area contributed by atoms with Crippen LogP contribution in [0.4, 0.5) is 5.00 Å². The first kappa shape index (κ1) is 8.66. The first-order valence-corrected chi connectivity index (χ1v) is 4.66. The van der Waals surface area contributed by atoms with E-state index in [2.05, 4.69) is 9.36 Å². The van der Waals surface area contributed by atoms with Crippen molar-refractivity contribution < 1.29 is 0 Å². The maximum absolute atomic E-state index is 8.87. The average Bonchev–Trinajstić information content (AvgIpc) is 2.61. The largest absolute Gasteiger partial charge is 0.388 e. The first-order chi connectivity index (χ1) is 6.83. The summed E-state index contributed by atoms with van der Waals surface area (Å²) in [6, 6.07) is 5.68. The molecule has 0 spiro atoms. The number of anilines is 1. The van der Waals surface area contributed by atoms with Gasteiger partial charge in [-0.15, -0.1) is 0 Å². The summed E-state index contributed by atoms with van der Waals surface area (Å²) < 4.78 is 4.11. The van der Waals surface area contributed by atoms with Gasteiger partial charge in [-0.1, -0.05) is 0 Å². The molecule has 68 valence electrons. The van der Waals surface area contributed by atoms with Crippen LogP contribution in [-0.4, -0.2) is 9.36 Å². The number of rotatable bonds is 1. The van der Waals surface area contributed by atoms with Crippen LogP contribution in [0.3, 0.4) is 0 Å². The highest BCUT2D eigenvalue weighted by molar-refractivity contribution is 7.10. The zero-order chi connectivity index (χ0) is 9.97. The molecule has 0 saturated carbocycles. The second-order valence-electron chi connectivity index (χ2n) is 2.62. The minimum Gasteiger partial charge on any atom is -0.388 e. The molecule has 14 heavy (non-hydrogen) atoms. The molecule has 0 aliphatic carbocycles. The monoisotopic (exact) mass is 202 g/mol. The highest BCUT2D eigenvalue weighted by Gasteiger charge is 2.12. The van der Waals surface area contributed by atoms with Crippen molar-refractivity contribution in [3.63, 3.8) is 0 Å². The fourth-order valence-electron chi connectivity index (χ4n) is 1.11. The number of nitriles is 1. The molecule has 0 atom stereocenters. The van der Waals surface area contributed by atoms with E-state index in [-0.39, 0.29) is 0 Å². The van der Waals surface area contributed by atoms with Gasteiger partial charge < -0.3 is 5.73 Å². The Labute approximate surface area is 84.8 Å². The summed E-state index contributed by atoms with van der Waals surface area (Å²) in [5.74, 6) is 0. The lowest BCUT2D eigenvalue weighted by Gasteiger charge is -1.94. The first-order valence-electron chi connectivity index (χ1n) is 3.88. The fraction of sp³-hybridized carbons (Fsp3) is 0. The fourth-order valence-corrected chi connectivity index (χ4v) is 1.73. The molecule has 0 amide bonds. The van der Waals surface area contributed by atoms with E-state index in [1.807, 2.05) is 12.1 Å². The standard InChI is InChI=1S/C9H6N4S/c10-4-7-8(13-14-9(7)11)6-2-1-3-12-5-6/h1-3,5H,11H2. The summed E-state index contributed by atoms with van der Waals surface area (Å²) in [5, 5.41) is 9.32. The maximum atomic E-state index is 8.87. The number of hydrogen-bond acceptors (Lipinski definition) is 5. The van der Waals surface area contributed by atoms with Gasteiger partial charge in [-0.3, -0.25) is 4.98 Å². The van der Waals surface area contributed by atoms with Gasteiger partial charge in [0.05, 0.1) is 0 Å². The molecule has 0 aliphatic heterocycles. The van der Waals surface area contributed by atoms with Crippen LogP contribution in [0.1, 0.15) is 5.56 Å². The minimum atomic E-state index is 0.433. The molecular weight excluding hydrogens is 196 g/mol. The Morgan fingerprint density at radius 2 is 2.36 bits per heavy atom. The Hall–Kier alpha value is -1.93. The van der Waals surface area contributed by atoms with Gasteiger partial charge in [-0.2, -0.15) is 9.64 Å². The molecule has 0 aromatic carbocycles. The lowest BCUT2D eigenvalue weighted by Crippen LogP contribution is -1.86. The van der Waals surface area contributed by atoms with Crippen molar-refractivity contribution in [1.82, 2.24) is 9.36 Å². The van der Waals surface area contributed by atoms with Gasteiger partial charge in [0.2, 0.25) is 0 Å². The van der Waals surface area contributed by atoms with E-state index in [0.29, 0.717) is 16.3 Å². The summed E-state index contributed by atoms with van der Waals surface area (Å²) in [5.41, 5.74) is 7.47. The quantitative estimate of drug-likeness (QED) is 0.763. The second kappa shape index (κ2) is 3.44. The molecule has 2 aromatic heterocycles. The highest BCUT2D eigenvalue weighted by atomic mass is 32.1. The summed E-state index contributed by atoms with van der Waals surface area (Å²) >= 11 is 1.13. The number of nitrogens with zero attached hydrogens (tertiary/aromatic N) is 3. The smallest absolute Gasteiger partial charge is 0.125 e. The number of pyridine rings is 1. The summed E-state index contributed by atoms with van der Waals surface area (Å²) in [6.07, 6.45) is 3.33. The molecule has 2 heterocycles. The molecule has 0 bridgehead atoms. The summed E-state index contributed by atoms with van der Waals surface area (Å²) in [7, 11) is 0. The third-order valence-corrected chi connectivity index (χ3v) is 2.44. The molecule has 0 saturated heterocycles. The zero-order valence-electron chi connectivity index (χ0n) is 7.14. The van der Waals surface area contributed by atoms with Crippen LogP contribution in [0.25, 0.3) is 11.3 Å². The summed E-state index contributed by atoms with van der Waals surface area (Å²) in [4.78, 5) is 3.96. The van der Waals surface area contributed by atoms with Crippen molar-refractivity contribution >= 4 is 16.5 Å². The van der Waals surface area contributed by atoms with E-state index < -0.39 is 0 Å². The molecule has 0 unspecified atom stereocenters. The van der Waals surface area contributed by atoms with Gasteiger partial charge in [0.1, 0.15) is 22.3 Å². The van der Waals surface area contributed by atoms with Crippen molar-refractivity contribution in [1.29, 1.82) is 5.26 Å². The van der Waals surface area contributed by atoms with Crippen molar-refractivity contribution in [3.8, 4) is 17.3 Å². The van der Waals surface area contributed by atoms with Crippen molar-refractivity contribution in [2.24, 2.45) is 0 Å².